The highest BCUT2D eigenvalue weighted by Crippen LogP contribution is 2.15. The number of carboxylic acid groups (broad SMARTS) is 1. The van der Waals surface area contributed by atoms with Gasteiger partial charge in [0.15, 0.2) is 0 Å². The number of nitrogens with zero attached hydrogens (tertiary/aromatic N) is 1. The van der Waals surface area contributed by atoms with Crippen LogP contribution in [0.15, 0.2) is 30.3 Å². The smallest absolute Gasteiger partial charge is 0.323 e. The number of hydrogen-bond donors (Lipinski definition) is 2. The molecule has 0 fully saturated rings. The molecule has 0 bridgehead atoms. The Bertz CT molecular complexity index is 406. The standard InChI is InChI=1S/C13H18N2O3/c1-10(8-14)7-12(16)15(9-13(17)18)11-5-3-2-4-6-11/h2-6,10H,7-9,14H2,1H3,(H,17,18). The van der Waals surface area contributed by atoms with Crippen molar-refractivity contribution in [2.45, 2.75) is 13.3 Å². The highest BCUT2D eigenvalue weighted by molar-refractivity contribution is 5.97. The highest BCUT2D eigenvalue weighted by Gasteiger charge is 2.20. The third-order valence-electron chi connectivity index (χ3n) is 2.59. The molecular formula is C13H18N2O3. The number of hydrogen-bond acceptors (Lipinski definition) is 3. The van der Waals surface area contributed by atoms with Crippen molar-refractivity contribution in [2.75, 3.05) is 18.0 Å². The summed E-state index contributed by atoms with van der Waals surface area (Å²) >= 11 is 0. The Kier molecular flexibility index (Phi) is 5.32. The summed E-state index contributed by atoms with van der Waals surface area (Å²) in [5.41, 5.74) is 6.07. The van der Waals surface area contributed by atoms with Gasteiger partial charge in [-0.15, -0.1) is 0 Å². The number of para-hydroxylation sites is 1. The molecule has 1 rings (SSSR count). The third kappa shape index (κ3) is 4.18. The predicted molar refractivity (Wildman–Crippen MR) is 69.3 cm³/mol. The molecule has 0 saturated heterocycles. The Hall–Kier alpha value is -1.88. The van der Waals surface area contributed by atoms with Crippen molar-refractivity contribution in [3.05, 3.63) is 30.3 Å². The van der Waals surface area contributed by atoms with Gasteiger partial charge in [0.25, 0.3) is 0 Å². The first kappa shape index (κ1) is 14.2. The van der Waals surface area contributed by atoms with Gasteiger partial charge in [0.2, 0.25) is 5.91 Å². The van der Waals surface area contributed by atoms with Crippen molar-refractivity contribution < 1.29 is 14.7 Å². The number of aliphatic carboxylic acids is 1. The van der Waals surface area contributed by atoms with Crippen LogP contribution in [0, 0.1) is 5.92 Å². The molecule has 18 heavy (non-hydrogen) atoms. The maximum Gasteiger partial charge on any atom is 0.323 e. The summed E-state index contributed by atoms with van der Waals surface area (Å²) in [5, 5.41) is 8.87. The number of carbonyl (C=O) groups is 2. The Balaban J connectivity index is 2.85. The molecule has 1 amide bonds. The topological polar surface area (TPSA) is 83.6 Å². The minimum absolute atomic E-state index is 0.0394. The minimum atomic E-state index is -1.03. The van der Waals surface area contributed by atoms with Crippen molar-refractivity contribution in [3.8, 4) is 0 Å². The first-order valence-corrected chi connectivity index (χ1v) is 5.82. The molecule has 1 unspecified atom stereocenters. The van der Waals surface area contributed by atoms with E-state index in [9.17, 15) is 9.59 Å². The van der Waals surface area contributed by atoms with Crippen LogP contribution in [0.1, 0.15) is 13.3 Å². The van der Waals surface area contributed by atoms with Gasteiger partial charge in [0.1, 0.15) is 6.54 Å². The largest absolute Gasteiger partial charge is 0.480 e. The minimum Gasteiger partial charge on any atom is -0.480 e. The van der Waals surface area contributed by atoms with E-state index >= 15 is 0 Å². The number of carbonyl (C=O) groups excluding carboxylic acids is 1. The first-order valence-electron chi connectivity index (χ1n) is 5.82. The summed E-state index contributed by atoms with van der Waals surface area (Å²) in [7, 11) is 0. The maximum atomic E-state index is 12.1. The Morgan fingerprint density at radius 1 is 1.33 bits per heavy atom. The van der Waals surface area contributed by atoms with Crippen LogP contribution in [0.25, 0.3) is 0 Å². The van der Waals surface area contributed by atoms with Crippen LogP contribution in [0.5, 0.6) is 0 Å². The van der Waals surface area contributed by atoms with Gasteiger partial charge in [-0.2, -0.15) is 0 Å². The second-order valence-corrected chi connectivity index (χ2v) is 4.25. The monoisotopic (exact) mass is 250 g/mol. The molecule has 0 aliphatic rings. The molecule has 0 aliphatic heterocycles. The van der Waals surface area contributed by atoms with Gasteiger partial charge in [0.05, 0.1) is 0 Å². The zero-order chi connectivity index (χ0) is 13.5. The quantitative estimate of drug-likeness (QED) is 0.791. The summed E-state index contributed by atoms with van der Waals surface area (Å²) in [6, 6.07) is 8.78. The fraction of sp³-hybridized carbons (Fsp3) is 0.385. The molecule has 1 atom stereocenters. The van der Waals surface area contributed by atoms with Crippen molar-refractivity contribution in [2.24, 2.45) is 11.7 Å². The van der Waals surface area contributed by atoms with Gasteiger partial charge in [-0.3, -0.25) is 9.59 Å². The second kappa shape index (κ2) is 6.76. The van der Waals surface area contributed by atoms with E-state index in [-0.39, 0.29) is 24.8 Å². The van der Waals surface area contributed by atoms with Crippen molar-refractivity contribution in [3.63, 3.8) is 0 Å². The molecule has 1 aromatic rings. The number of anilines is 1. The van der Waals surface area contributed by atoms with Crippen LogP contribution in [-0.2, 0) is 9.59 Å². The molecule has 5 heteroatoms. The molecule has 0 spiro atoms. The molecule has 0 aromatic heterocycles. The maximum absolute atomic E-state index is 12.1. The van der Waals surface area contributed by atoms with E-state index in [4.69, 9.17) is 10.8 Å². The Morgan fingerprint density at radius 3 is 2.44 bits per heavy atom. The van der Waals surface area contributed by atoms with Crippen LogP contribution >= 0.6 is 0 Å². The van der Waals surface area contributed by atoms with Gasteiger partial charge in [-0.25, -0.2) is 0 Å². The van der Waals surface area contributed by atoms with E-state index in [1.165, 1.54) is 4.90 Å². The van der Waals surface area contributed by atoms with Crippen LogP contribution in [0.2, 0.25) is 0 Å². The number of benzene rings is 1. The fourth-order valence-electron chi connectivity index (χ4n) is 1.56. The van der Waals surface area contributed by atoms with E-state index in [0.717, 1.165) is 0 Å². The Morgan fingerprint density at radius 2 is 1.94 bits per heavy atom. The highest BCUT2D eigenvalue weighted by atomic mass is 16.4. The lowest BCUT2D eigenvalue weighted by molar-refractivity contribution is -0.136. The number of carboxylic acids is 1. The summed E-state index contributed by atoms with van der Waals surface area (Å²) in [4.78, 5) is 24.2. The molecule has 0 saturated carbocycles. The molecule has 5 nitrogen and oxygen atoms in total. The predicted octanol–water partition coefficient (Wildman–Crippen LogP) is 1.09. The first-order chi connectivity index (χ1) is 8.54. The number of nitrogens with two attached hydrogens (primary N) is 1. The molecular weight excluding hydrogens is 232 g/mol. The van der Waals surface area contributed by atoms with Crippen LogP contribution < -0.4 is 10.6 Å². The Labute approximate surface area is 106 Å². The lowest BCUT2D eigenvalue weighted by Gasteiger charge is -2.22. The van der Waals surface area contributed by atoms with Gasteiger partial charge in [0, 0.05) is 12.1 Å². The number of rotatable bonds is 6. The number of amides is 1. The van der Waals surface area contributed by atoms with E-state index in [2.05, 4.69) is 0 Å². The van der Waals surface area contributed by atoms with E-state index < -0.39 is 5.97 Å². The van der Waals surface area contributed by atoms with Crippen LogP contribution in [0.4, 0.5) is 5.69 Å². The van der Waals surface area contributed by atoms with Gasteiger partial charge >= 0.3 is 5.97 Å². The average molecular weight is 250 g/mol. The van der Waals surface area contributed by atoms with Gasteiger partial charge in [-0.1, -0.05) is 25.1 Å². The van der Waals surface area contributed by atoms with Crippen molar-refractivity contribution >= 4 is 17.6 Å². The van der Waals surface area contributed by atoms with Crippen LogP contribution in [0.3, 0.4) is 0 Å². The van der Waals surface area contributed by atoms with Crippen molar-refractivity contribution in [1.82, 2.24) is 0 Å². The lowest BCUT2D eigenvalue weighted by atomic mass is 10.1. The molecule has 0 radical (unpaired) electrons. The van der Waals surface area contributed by atoms with Gasteiger partial charge < -0.3 is 15.7 Å². The second-order valence-electron chi connectivity index (χ2n) is 4.25. The zero-order valence-corrected chi connectivity index (χ0v) is 10.4. The van der Waals surface area contributed by atoms with Crippen molar-refractivity contribution in [1.29, 1.82) is 0 Å². The van der Waals surface area contributed by atoms with E-state index in [0.29, 0.717) is 12.2 Å². The molecule has 0 heterocycles. The van der Waals surface area contributed by atoms with Crippen LogP contribution in [-0.4, -0.2) is 30.1 Å². The summed E-state index contributed by atoms with van der Waals surface area (Å²) in [5.74, 6) is -1.22. The summed E-state index contributed by atoms with van der Waals surface area (Å²) in [6.45, 7) is 1.93. The normalized spacial score (nSPS) is 11.9. The fourth-order valence-corrected chi connectivity index (χ4v) is 1.56. The third-order valence-corrected chi connectivity index (χ3v) is 2.59. The van der Waals surface area contributed by atoms with E-state index in [1.54, 1.807) is 24.3 Å². The molecule has 3 N–H and O–H groups in total. The molecule has 0 aliphatic carbocycles. The molecule has 1 aromatic carbocycles. The van der Waals surface area contributed by atoms with E-state index in [1.807, 2.05) is 13.0 Å². The average Bonchev–Trinajstić information content (AvgIpc) is 2.36. The zero-order valence-electron chi connectivity index (χ0n) is 10.4. The summed E-state index contributed by atoms with van der Waals surface area (Å²) in [6.07, 6.45) is 0.249. The lowest BCUT2D eigenvalue weighted by Crippen LogP contribution is -2.37. The summed E-state index contributed by atoms with van der Waals surface area (Å²) < 4.78 is 0. The molecule has 98 valence electrons. The van der Waals surface area contributed by atoms with Gasteiger partial charge in [-0.05, 0) is 24.6 Å². The SMILES string of the molecule is CC(CN)CC(=O)N(CC(=O)O)c1ccccc1.